The Kier molecular flexibility index (Phi) is 6.03. The van der Waals surface area contributed by atoms with Crippen molar-refractivity contribution < 1.29 is 9.21 Å². The zero-order valence-electron chi connectivity index (χ0n) is 17.5. The van der Waals surface area contributed by atoms with Crippen molar-refractivity contribution in [3.63, 3.8) is 0 Å². The highest BCUT2D eigenvalue weighted by atomic mass is 32.1. The molecule has 4 heterocycles. The molecular weight excluding hydrogens is 402 g/mol. The molecule has 3 aromatic heterocycles. The summed E-state index contributed by atoms with van der Waals surface area (Å²) in [4.78, 5) is 38.9. The number of H-pyrrole nitrogens is 1. The van der Waals surface area contributed by atoms with Gasteiger partial charge in [-0.25, -0.2) is 4.98 Å². The standard InChI is InChI=1S/C21H27N5O3S/c1-13-15(3)30-21-18(13)20(28)23-17(24-21)12-25-6-8-26(9-7-25)14(2)19(27)22-11-16-5-4-10-29-16/h4-5,10,14H,6-9,11-12H2,1-3H3,(H,22,27)(H,23,24,28). The maximum Gasteiger partial charge on any atom is 0.259 e. The van der Waals surface area contributed by atoms with E-state index in [1.807, 2.05) is 32.9 Å². The van der Waals surface area contributed by atoms with Gasteiger partial charge in [-0.1, -0.05) is 0 Å². The Hall–Kier alpha value is -2.49. The van der Waals surface area contributed by atoms with E-state index in [9.17, 15) is 9.59 Å². The van der Waals surface area contributed by atoms with Crippen molar-refractivity contribution in [2.24, 2.45) is 0 Å². The van der Waals surface area contributed by atoms with E-state index in [2.05, 4.69) is 25.1 Å². The summed E-state index contributed by atoms with van der Waals surface area (Å²) in [6.45, 7) is 10.1. The fourth-order valence-corrected chi connectivity index (χ4v) is 4.84. The number of fused-ring (bicyclic) bond motifs is 1. The lowest BCUT2D eigenvalue weighted by Gasteiger charge is -2.37. The molecule has 1 fully saturated rings. The average Bonchev–Trinajstić information content (AvgIpc) is 3.34. The van der Waals surface area contributed by atoms with Gasteiger partial charge in [0.1, 0.15) is 16.4 Å². The molecule has 1 saturated heterocycles. The molecule has 3 aromatic rings. The first kappa shape index (κ1) is 20.8. The molecule has 0 radical (unpaired) electrons. The van der Waals surface area contributed by atoms with Crippen molar-refractivity contribution >= 4 is 27.5 Å². The molecule has 0 aromatic carbocycles. The summed E-state index contributed by atoms with van der Waals surface area (Å²) in [5.74, 6) is 1.45. The number of hydrogen-bond donors (Lipinski definition) is 2. The van der Waals surface area contributed by atoms with Gasteiger partial charge in [0, 0.05) is 31.1 Å². The normalized spacial score (nSPS) is 16.8. The van der Waals surface area contributed by atoms with E-state index in [4.69, 9.17) is 4.42 Å². The van der Waals surface area contributed by atoms with Crippen molar-refractivity contribution in [2.45, 2.75) is 39.9 Å². The summed E-state index contributed by atoms with van der Waals surface area (Å²) < 4.78 is 5.26. The Balaban J connectivity index is 1.31. The number of amides is 1. The van der Waals surface area contributed by atoms with Gasteiger partial charge in [-0.2, -0.15) is 0 Å². The zero-order valence-corrected chi connectivity index (χ0v) is 18.3. The summed E-state index contributed by atoms with van der Waals surface area (Å²) in [5, 5.41) is 3.64. The quantitative estimate of drug-likeness (QED) is 0.623. The number of aromatic nitrogens is 2. The molecule has 1 atom stereocenters. The predicted molar refractivity (Wildman–Crippen MR) is 117 cm³/mol. The summed E-state index contributed by atoms with van der Waals surface area (Å²) in [6, 6.07) is 3.46. The predicted octanol–water partition coefficient (Wildman–Crippen LogP) is 2.02. The van der Waals surface area contributed by atoms with Crippen LogP contribution in [-0.4, -0.2) is 57.9 Å². The van der Waals surface area contributed by atoms with Crippen molar-refractivity contribution in [1.82, 2.24) is 25.1 Å². The highest BCUT2D eigenvalue weighted by Gasteiger charge is 2.26. The second kappa shape index (κ2) is 8.71. The topological polar surface area (TPSA) is 94.5 Å². The van der Waals surface area contributed by atoms with Crippen LogP contribution in [0, 0.1) is 13.8 Å². The van der Waals surface area contributed by atoms with Crippen LogP contribution in [-0.2, 0) is 17.9 Å². The van der Waals surface area contributed by atoms with Crippen molar-refractivity contribution in [3.8, 4) is 0 Å². The summed E-state index contributed by atoms with van der Waals surface area (Å²) >= 11 is 1.57. The van der Waals surface area contributed by atoms with E-state index in [0.29, 0.717) is 24.3 Å². The monoisotopic (exact) mass is 429 g/mol. The third-order valence-corrected chi connectivity index (χ3v) is 6.91. The van der Waals surface area contributed by atoms with Crippen LogP contribution in [0.25, 0.3) is 10.2 Å². The van der Waals surface area contributed by atoms with Crippen LogP contribution in [0.3, 0.4) is 0 Å². The molecule has 0 aliphatic carbocycles. The van der Waals surface area contributed by atoms with Crippen molar-refractivity contribution in [3.05, 3.63) is 50.8 Å². The minimum absolute atomic E-state index is 0.000247. The fourth-order valence-electron chi connectivity index (χ4n) is 3.80. The second-order valence-corrected chi connectivity index (χ2v) is 8.96. The molecule has 30 heavy (non-hydrogen) atoms. The molecule has 1 unspecified atom stereocenters. The van der Waals surface area contributed by atoms with Crippen molar-refractivity contribution in [1.29, 1.82) is 0 Å². The molecule has 0 bridgehead atoms. The van der Waals surface area contributed by atoms with Crippen LogP contribution in [0.4, 0.5) is 0 Å². The van der Waals surface area contributed by atoms with Crippen LogP contribution in [0.1, 0.15) is 28.9 Å². The number of hydrogen-bond acceptors (Lipinski definition) is 7. The van der Waals surface area contributed by atoms with E-state index < -0.39 is 0 Å². The first-order chi connectivity index (χ1) is 14.4. The lowest BCUT2D eigenvalue weighted by Crippen LogP contribution is -2.53. The first-order valence-electron chi connectivity index (χ1n) is 10.2. The molecule has 160 valence electrons. The maximum absolute atomic E-state index is 12.5. The van der Waals surface area contributed by atoms with Gasteiger partial charge in [0.15, 0.2) is 0 Å². The Morgan fingerprint density at radius 3 is 2.80 bits per heavy atom. The highest BCUT2D eigenvalue weighted by molar-refractivity contribution is 7.18. The molecular formula is C21H27N5O3S. The minimum Gasteiger partial charge on any atom is -0.467 e. The van der Waals surface area contributed by atoms with E-state index in [1.165, 1.54) is 0 Å². The van der Waals surface area contributed by atoms with Crippen LogP contribution in [0.15, 0.2) is 27.6 Å². The molecule has 0 saturated carbocycles. The molecule has 2 N–H and O–H groups in total. The first-order valence-corrected chi connectivity index (χ1v) is 11.0. The highest BCUT2D eigenvalue weighted by Crippen LogP contribution is 2.25. The van der Waals surface area contributed by atoms with Gasteiger partial charge in [-0.05, 0) is 38.5 Å². The molecule has 1 aliphatic heterocycles. The average molecular weight is 430 g/mol. The molecule has 9 heteroatoms. The Bertz CT molecular complexity index is 1080. The summed E-state index contributed by atoms with van der Waals surface area (Å²) in [5.41, 5.74) is 0.959. The van der Waals surface area contributed by atoms with Gasteiger partial charge in [-0.15, -0.1) is 11.3 Å². The third kappa shape index (κ3) is 4.33. The number of rotatable bonds is 6. The molecule has 4 rings (SSSR count). The number of thiophene rings is 1. The molecule has 8 nitrogen and oxygen atoms in total. The van der Waals surface area contributed by atoms with Gasteiger partial charge >= 0.3 is 0 Å². The van der Waals surface area contributed by atoms with Gasteiger partial charge in [0.25, 0.3) is 5.56 Å². The number of aromatic amines is 1. The number of carbonyl (C=O) groups is 1. The van der Waals surface area contributed by atoms with Crippen LogP contribution in [0.5, 0.6) is 0 Å². The smallest absolute Gasteiger partial charge is 0.259 e. The second-order valence-electron chi connectivity index (χ2n) is 7.76. The van der Waals surface area contributed by atoms with E-state index in [1.54, 1.807) is 17.6 Å². The summed E-state index contributed by atoms with van der Waals surface area (Å²) in [6.07, 6.45) is 1.60. The van der Waals surface area contributed by atoms with Gasteiger partial charge in [0.2, 0.25) is 5.91 Å². The number of carbonyl (C=O) groups excluding carboxylic acids is 1. The SMILES string of the molecule is Cc1sc2nc(CN3CCN(C(C)C(=O)NCc4ccco4)CC3)[nH]c(=O)c2c1C. The van der Waals surface area contributed by atoms with Crippen molar-refractivity contribution in [2.75, 3.05) is 26.2 Å². The minimum atomic E-state index is -0.200. The zero-order chi connectivity index (χ0) is 21.3. The summed E-state index contributed by atoms with van der Waals surface area (Å²) in [7, 11) is 0. The number of aryl methyl sites for hydroxylation is 2. The number of furan rings is 1. The number of piperazine rings is 1. The van der Waals surface area contributed by atoms with E-state index in [-0.39, 0.29) is 17.5 Å². The third-order valence-electron chi connectivity index (χ3n) is 5.81. The molecule has 1 aliphatic rings. The van der Waals surface area contributed by atoms with Crippen LogP contribution in [0.2, 0.25) is 0 Å². The Labute approximate surface area is 178 Å². The lowest BCUT2D eigenvalue weighted by molar-refractivity contribution is -0.126. The maximum atomic E-state index is 12.5. The van der Waals surface area contributed by atoms with Crippen LogP contribution < -0.4 is 10.9 Å². The fraction of sp³-hybridized carbons (Fsp3) is 0.476. The van der Waals surface area contributed by atoms with E-state index in [0.717, 1.165) is 47.2 Å². The Morgan fingerprint density at radius 2 is 2.10 bits per heavy atom. The number of nitrogens with one attached hydrogen (secondary N) is 2. The molecule has 1 amide bonds. The number of nitrogens with zero attached hydrogens (tertiary/aromatic N) is 3. The van der Waals surface area contributed by atoms with Gasteiger partial charge in [-0.3, -0.25) is 19.4 Å². The van der Waals surface area contributed by atoms with Gasteiger partial charge in [0.05, 0.1) is 30.8 Å². The van der Waals surface area contributed by atoms with Gasteiger partial charge < -0.3 is 14.7 Å². The van der Waals surface area contributed by atoms with Crippen LogP contribution >= 0.6 is 11.3 Å². The lowest BCUT2D eigenvalue weighted by atomic mass is 10.2. The molecule has 0 spiro atoms. The van der Waals surface area contributed by atoms with E-state index >= 15 is 0 Å². The Morgan fingerprint density at radius 1 is 1.33 bits per heavy atom. The largest absolute Gasteiger partial charge is 0.467 e.